The number of aromatic hydroxyl groups is 1. The summed E-state index contributed by atoms with van der Waals surface area (Å²) >= 11 is 5.19. The summed E-state index contributed by atoms with van der Waals surface area (Å²) in [5, 5.41) is 10.5. The zero-order valence-electron chi connectivity index (χ0n) is 14.1. The number of benzene rings is 1. The van der Waals surface area contributed by atoms with Crippen LogP contribution in [0.25, 0.3) is 5.69 Å². The lowest BCUT2D eigenvalue weighted by Crippen LogP contribution is -2.18. The second-order valence-electron chi connectivity index (χ2n) is 5.86. The van der Waals surface area contributed by atoms with Crippen molar-refractivity contribution in [3.63, 3.8) is 0 Å². The SMILES string of the molecule is Cc1cccc(-n2c(O)c(C=NCCCN(C)C)c(=O)[nH]c2=S)c1. The maximum atomic E-state index is 12.1. The van der Waals surface area contributed by atoms with Crippen LogP contribution in [0.15, 0.2) is 34.1 Å². The van der Waals surface area contributed by atoms with Gasteiger partial charge in [0.1, 0.15) is 5.56 Å². The molecule has 7 heteroatoms. The van der Waals surface area contributed by atoms with E-state index in [2.05, 4.69) is 14.9 Å². The van der Waals surface area contributed by atoms with Gasteiger partial charge in [0.05, 0.1) is 5.69 Å². The van der Waals surface area contributed by atoms with Crippen LogP contribution in [0.2, 0.25) is 0 Å². The van der Waals surface area contributed by atoms with Crippen LogP contribution in [0.1, 0.15) is 17.5 Å². The van der Waals surface area contributed by atoms with Crippen molar-refractivity contribution >= 4 is 18.4 Å². The van der Waals surface area contributed by atoms with Gasteiger partial charge in [0, 0.05) is 12.8 Å². The topological polar surface area (TPSA) is 73.6 Å². The predicted molar refractivity (Wildman–Crippen MR) is 99.3 cm³/mol. The van der Waals surface area contributed by atoms with E-state index in [9.17, 15) is 9.90 Å². The highest BCUT2D eigenvalue weighted by Gasteiger charge is 2.12. The molecule has 0 aliphatic rings. The highest BCUT2D eigenvalue weighted by Crippen LogP contribution is 2.19. The molecule has 0 spiro atoms. The van der Waals surface area contributed by atoms with Gasteiger partial charge in [0.15, 0.2) is 4.77 Å². The van der Waals surface area contributed by atoms with Gasteiger partial charge in [-0.05, 0) is 63.9 Å². The van der Waals surface area contributed by atoms with Crippen LogP contribution in [-0.4, -0.2) is 53.0 Å². The summed E-state index contributed by atoms with van der Waals surface area (Å²) in [5.74, 6) is -0.203. The second-order valence-corrected chi connectivity index (χ2v) is 6.25. The quantitative estimate of drug-likeness (QED) is 0.478. The lowest BCUT2D eigenvalue weighted by atomic mass is 10.2. The van der Waals surface area contributed by atoms with Crippen molar-refractivity contribution < 1.29 is 5.11 Å². The minimum atomic E-state index is -0.447. The Morgan fingerprint density at radius 2 is 2.17 bits per heavy atom. The van der Waals surface area contributed by atoms with Gasteiger partial charge in [0.25, 0.3) is 5.56 Å². The zero-order chi connectivity index (χ0) is 17.7. The molecule has 0 saturated carbocycles. The average molecular weight is 346 g/mol. The Balaban J connectivity index is 2.37. The molecular formula is C17H22N4O2S. The van der Waals surface area contributed by atoms with Crippen LogP contribution >= 0.6 is 12.2 Å². The van der Waals surface area contributed by atoms with Gasteiger partial charge in [-0.3, -0.25) is 19.3 Å². The Labute approximate surface area is 146 Å². The van der Waals surface area contributed by atoms with Crippen LogP contribution in [-0.2, 0) is 0 Å². The zero-order valence-corrected chi connectivity index (χ0v) is 14.9. The number of aromatic nitrogens is 2. The molecule has 24 heavy (non-hydrogen) atoms. The highest BCUT2D eigenvalue weighted by molar-refractivity contribution is 7.71. The molecule has 0 atom stereocenters. The molecule has 2 rings (SSSR count). The summed E-state index contributed by atoms with van der Waals surface area (Å²) in [6.07, 6.45) is 2.28. The van der Waals surface area contributed by atoms with Crippen LogP contribution in [0, 0.1) is 11.7 Å². The van der Waals surface area contributed by atoms with E-state index < -0.39 is 5.56 Å². The third-order valence-electron chi connectivity index (χ3n) is 3.49. The number of rotatable bonds is 6. The van der Waals surface area contributed by atoms with Crippen molar-refractivity contribution in [3.05, 3.63) is 50.5 Å². The van der Waals surface area contributed by atoms with Crippen molar-refractivity contribution in [3.8, 4) is 11.6 Å². The smallest absolute Gasteiger partial charge is 0.264 e. The monoisotopic (exact) mass is 346 g/mol. The Morgan fingerprint density at radius 1 is 1.42 bits per heavy atom. The van der Waals surface area contributed by atoms with Crippen molar-refractivity contribution in [1.82, 2.24) is 14.5 Å². The molecule has 0 saturated heterocycles. The molecule has 0 aliphatic carbocycles. The normalized spacial score (nSPS) is 11.5. The summed E-state index contributed by atoms with van der Waals surface area (Å²) in [6, 6.07) is 7.51. The third-order valence-corrected chi connectivity index (χ3v) is 3.78. The summed E-state index contributed by atoms with van der Waals surface area (Å²) in [6.45, 7) is 3.44. The first-order valence-corrected chi connectivity index (χ1v) is 8.11. The largest absolute Gasteiger partial charge is 0.494 e. The molecule has 0 bridgehead atoms. The van der Waals surface area contributed by atoms with E-state index in [-0.39, 0.29) is 16.2 Å². The van der Waals surface area contributed by atoms with E-state index in [1.54, 1.807) is 0 Å². The first kappa shape index (κ1) is 18.1. The number of hydrogen-bond donors (Lipinski definition) is 2. The molecule has 1 aromatic heterocycles. The van der Waals surface area contributed by atoms with E-state index in [4.69, 9.17) is 12.2 Å². The Bertz CT molecular complexity index is 852. The first-order valence-electron chi connectivity index (χ1n) is 7.70. The van der Waals surface area contributed by atoms with Gasteiger partial charge in [-0.2, -0.15) is 0 Å². The lowest BCUT2D eigenvalue weighted by molar-refractivity contribution is 0.403. The Hall–Kier alpha value is -2.25. The molecule has 0 aliphatic heterocycles. The van der Waals surface area contributed by atoms with Gasteiger partial charge in [-0.15, -0.1) is 0 Å². The Kier molecular flexibility index (Phi) is 6.05. The number of hydrogen-bond acceptors (Lipinski definition) is 5. The minimum absolute atomic E-state index is 0.106. The molecule has 2 N–H and O–H groups in total. The average Bonchev–Trinajstić information content (AvgIpc) is 2.49. The summed E-state index contributed by atoms with van der Waals surface area (Å²) < 4.78 is 1.58. The van der Waals surface area contributed by atoms with Crippen molar-refractivity contribution in [2.24, 2.45) is 4.99 Å². The number of H-pyrrole nitrogens is 1. The molecule has 1 aromatic carbocycles. The second kappa shape index (κ2) is 8.03. The molecule has 0 fully saturated rings. The van der Waals surface area contributed by atoms with Crippen LogP contribution in [0.3, 0.4) is 0 Å². The third kappa shape index (κ3) is 4.39. The van der Waals surface area contributed by atoms with E-state index >= 15 is 0 Å². The fraction of sp³-hybridized carbons (Fsp3) is 0.353. The number of aromatic amines is 1. The van der Waals surface area contributed by atoms with Gasteiger partial charge < -0.3 is 10.0 Å². The fourth-order valence-electron chi connectivity index (χ4n) is 2.30. The van der Waals surface area contributed by atoms with Crippen LogP contribution in [0.5, 0.6) is 5.88 Å². The van der Waals surface area contributed by atoms with Crippen molar-refractivity contribution in [2.75, 3.05) is 27.2 Å². The number of nitrogens with one attached hydrogen (secondary N) is 1. The predicted octanol–water partition coefficient (Wildman–Crippen LogP) is 2.28. The summed E-state index contributed by atoms with van der Waals surface area (Å²) in [5.41, 5.74) is 1.38. The van der Waals surface area contributed by atoms with Crippen LogP contribution in [0.4, 0.5) is 0 Å². The lowest BCUT2D eigenvalue weighted by Gasteiger charge is -2.11. The Morgan fingerprint density at radius 3 is 2.83 bits per heavy atom. The van der Waals surface area contributed by atoms with Gasteiger partial charge >= 0.3 is 0 Å². The molecule has 1 heterocycles. The molecule has 2 aromatic rings. The first-order chi connectivity index (χ1) is 11.4. The van der Waals surface area contributed by atoms with E-state index in [1.807, 2.05) is 45.3 Å². The molecule has 6 nitrogen and oxygen atoms in total. The molecular weight excluding hydrogens is 324 g/mol. The van der Waals surface area contributed by atoms with Gasteiger partial charge in [0.2, 0.25) is 5.88 Å². The number of aryl methyl sites for hydroxylation is 1. The number of aliphatic imine (C=N–C) groups is 1. The maximum Gasteiger partial charge on any atom is 0.264 e. The summed E-state index contributed by atoms with van der Waals surface area (Å²) in [4.78, 5) is 21.0. The van der Waals surface area contributed by atoms with Crippen molar-refractivity contribution in [2.45, 2.75) is 13.3 Å². The van der Waals surface area contributed by atoms with Crippen molar-refractivity contribution in [1.29, 1.82) is 0 Å². The fourth-order valence-corrected chi connectivity index (χ4v) is 2.58. The van der Waals surface area contributed by atoms with E-state index in [0.29, 0.717) is 12.2 Å². The van der Waals surface area contributed by atoms with Crippen LogP contribution < -0.4 is 5.56 Å². The maximum absolute atomic E-state index is 12.1. The summed E-state index contributed by atoms with van der Waals surface area (Å²) in [7, 11) is 3.99. The minimum Gasteiger partial charge on any atom is -0.494 e. The molecule has 128 valence electrons. The van der Waals surface area contributed by atoms with Gasteiger partial charge in [-0.25, -0.2) is 0 Å². The molecule has 0 unspecified atom stereocenters. The van der Waals surface area contributed by atoms with E-state index in [0.717, 1.165) is 18.5 Å². The molecule has 0 radical (unpaired) electrons. The van der Waals surface area contributed by atoms with Gasteiger partial charge in [-0.1, -0.05) is 12.1 Å². The van der Waals surface area contributed by atoms with E-state index in [1.165, 1.54) is 10.8 Å². The highest BCUT2D eigenvalue weighted by atomic mass is 32.1. The number of nitrogens with zero attached hydrogens (tertiary/aromatic N) is 3. The molecule has 0 amide bonds. The standard InChI is InChI=1S/C17H22N4O2S/c1-12-6-4-7-13(10-12)21-16(23)14(15(22)19-17(21)24)11-18-8-5-9-20(2)3/h4,6-7,10-11,23H,5,8-9H2,1-3H3,(H,19,22,24).